The van der Waals surface area contributed by atoms with Gasteiger partial charge in [-0.25, -0.2) is 4.79 Å². The number of carboxylic acids is 1. The number of piperidine rings is 1. The molecule has 2 amide bonds. The van der Waals surface area contributed by atoms with Gasteiger partial charge in [-0.1, -0.05) is 6.08 Å². The fourth-order valence-electron chi connectivity index (χ4n) is 2.15. The smallest absolute Gasteiger partial charge is 0.317 e. The quantitative estimate of drug-likeness (QED) is 0.696. The molecule has 2 N–H and O–H groups in total. The zero-order valence-corrected chi connectivity index (χ0v) is 12.0. The Hall–Kier alpha value is -1.56. The molecule has 1 saturated heterocycles. The van der Waals surface area contributed by atoms with Gasteiger partial charge in [-0.2, -0.15) is 0 Å². The van der Waals surface area contributed by atoms with Crippen LogP contribution in [0.4, 0.5) is 4.79 Å². The summed E-state index contributed by atoms with van der Waals surface area (Å²) in [4.78, 5) is 24.1. The Balaban J connectivity index is 2.22. The number of carbonyl (C=O) groups is 2. The van der Waals surface area contributed by atoms with Crippen molar-refractivity contribution in [2.75, 3.05) is 19.7 Å². The summed E-state index contributed by atoms with van der Waals surface area (Å²) < 4.78 is 5.49. The number of urea groups is 1. The van der Waals surface area contributed by atoms with E-state index in [2.05, 4.69) is 11.9 Å². The topological polar surface area (TPSA) is 78.9 Å². The second-order valence-corrected chi connectivity index (χ2v) is 5.08. The lowest BCUT2D eigenvalue weighted by Gasteiger charge is -2.32. The van der Waals surface area contributed by atoms with Gasteiger partial charge in [-0.05, 0) is 26.2 Å². The van der Waals surface area contributed by atoms with Crippen LogP contribution in [0, 0.1) is 0 Å². The van der Waals surface area contributed by atoms with Crippen LogP contribution in [-0.2, 0) is 9.53 Å². The summed E-state index contributed by atoms with van der Waals surface area (Å²) in [5.41, 5.74) is 0. The van der Waals surface area contributed by atoms with E-state index < -0.39 is 5.97 Å². The summed E-state index contributed by atoms with van der Waals surface area (Å²) in [6, 6.07) is 0.0351. The summed E-state index contributed by atoms with van der Waals surface area (Å²) in [6.07, 6.45) is 4.13. The molecule has 1 aliphatic heterocycles. The Bertz CT molecular complexity index is 338. The van der Waals surface area contributed by atoms with Gasteiger partial charge in [-0.3, -0.25) is 4.79 Å². The molecule has 0 bridgehead atoms. The standard InChI is InChI=1S/C14H24N2O4/c1-3-4-11(2)15-14(19)16-8-5-12(6-9-16)20-10-7-13(17)18/h3,11-12H,1,4-10H2,2H3,(H,15,19)(H,17,18). The molecule has 1 unspecified atom stereocenters. The number of nitrogens with one attached hydrogen (secondary N) is 1. The van der Waals surface area contributed by atoms with E-state index in [9.17, 15) is 9.59 Å². The first-order valence-corrected chi connectivity index (χ1v) is 7.02. The molecule has 0 aromatic heterocycles. The summed E-state index contributed by atoms with van der Waals surface area (Å²) in [5.74, 6) is -0.849. The molecule has 0 spiro atoms. The van der Waals surface area contributed by atoms with E-state index in [0.29, 0.717) is 13.1 Å². The van der Waals surface area contributed by atoms with Crippen molar-refractivity contribution in [2.45, 2.75) is 44.8 Å². The maximum Gasteiger partial charge on any atom is 0.317 e. The molecule has 20 heavy (non-hydrogen) atoms. The maximum atomic E-state index is 12.0. The van der Waals surface area contributed by atoms with Crippen LogP contribution < -0.4 is 5.32 Å². The predicted molar refractivity (Wildman–Crippen MR) is 75.6 cm³/mol. The number of likely N-dealkylation sites (tertiary alicyclic amines) is 1. The summed E-state index contributed by atoms with van der Waals surface area (Å²) >= 11 is 0. The molecule has 6 heteroatoms. The van der Waals surface area contributed by atoms with Crippen LogP contribution >= 0.6 is 0 Å². The number of nitrogens with zero attached hydrogens (tertiary/aromatic N) is 1. The van der Waals surface area contributed by atoms with Gasteiger partial charge in [0.25, 0.3) is 0 Å². The molecule has 0 aromatic rings. The minimum absolute atomic E-state index is 0.0275. The third-order valence-corrected chi connectivity index (χ3v) is 3.29. The first-order chi connectivity index (χ1) is 9.52. The molecular formula is C14H24N2O4. The van der Waals surface area contributed by atoms with Gasteiger partial charge in [0.2, 0.25) is 0 Å². The van der Waals surface area contributed by atoms with Crippen molar-refractivity contribution in [3.8, 4) is 0 Å². The number of hydrogen-bond donors (Lipinski definition) is 2. The van der Waals surface area contributed by atoms with Crippen LogP contribution in [0.15, 0.2) is 12.7 Å². The van der Waals surface area contributed by atoms with Crippen LogP contribution in [0.25, 0.3) is 0 Å². The molecule has 114 valence electrons. The highest BCUT2D eigenvalue weighted by molar-refractivity contribution is 5.74. The Morgan fingerprint density at radius 3 is 2.70 bits per heavy atom. The summed E-state index contributed by atoms with van der Waals surface area (Å²) in [5, 5.41) is 11.5. The first kappa shape index (κ1) is 16.5. The van der Waals surface area contributed by atoms with E-state index in [1.54, 1.807) is 11.0 Å². The lowest BCUT2D eigenvalue weighted by atomic mass is 10.1. The molecule has 0 saturated carbocycles. The van der Waals surface area contributed by atoms with Crippen molar-refractivity contribution in [1.29, 1.82) is 0 Å². The number of rotatable bonds is 7. The molecule has 0 aromatic carbocycles. The van der Waals surface area contributed by atoms with Crippen LogP contribution in [0.1, 0.15) is 32.6 Å². The average molecular weight is 284 g/mol. The van der Waals surface area contributed by atoms with E-state index in [0.717, 1.165) is 19.3 Å². The molecule has 0 aliphatic carbocycles. The van der Waals surface area contributed by atoms with Crippen LogP contribution in [0.5, 0.6) is 0 Å². The lowest BCUT2D eigenvalue weighted by molar-refractivity contribution is -0.138. The fraction of sp³-hybridized carbons (Fsp3) is 0.714. The number of ether oxygens (including phenoxy) is 1. The third-order valence-electron chi connectivity index (χ3n) is 3.29. The normalized spacial score (nSPS) is 17.6. The van der Waals surface area contributed by atoms with Crippen LogP contribution in [0.2, 0.25) is 0 Å². The molecular weight excluding hydrogens is 260 g/mol. The Labute approximate surface area is 119 Å². The van der Waals surface area contributed by atoms with Gasteiger partial charge in [0, 0.05) is 19.1 Å². The predicted octanol–water partition coefficient (Wildman–Crippen LogP) is 1.62. The number of hydrogen-bond acceptors (Lipinski definition) is 3. The summed E-state index contributed by atoms with van der Waals surface area (Å²) in [6.45, 7) is 7.12. The van der Waals surface area contributed by atoms with Crippen LogP contribution in [0.3, 0.4) is 0 Å². The van der Waals surface area contributed by atoms with Crippen molar-refractivity contribution in [3.05, 3.63) is 12.7 Å². The number of amides is 2. The largest absolute Gasteiger partial charge is 0.481 e. The molecule has 1 rings (SSSR count). The highest BCUT2D eigenvalue weighted by Crippen LogP contribution is 2.14. The van der Waals surface area contributed by atoms with Crippen molar-refractivity contribution in [1.82, 2.24) is 10.2 Å². The van der Waals surface area contributed by atoms with E-state index >= 15 is 0 Å². The van der Waals surface area contributed by atoms with Gasteiger partial charge in [0.1, 0.15) is 0 Å². The summed E-state index contributed by atoms with van der Waals surface area (Å²) in [7, 11) is 0. The number of carboxylic acid groups (broad SMARTS) is 1. The second-order valence-electron chi connectivity index (χ2n) is 5.08. The van der Waals surface area contributed by atoms with Gasteiger partial charge in [-0.15, -0.1) is 6.58 Å². The minimum atomic E-state index is -0.849. The zero-order valence-electron chi connectivity index (χ0n) is 12.0. The van der Waals surface area contributed by atoms with Crippen LogP contribution in [-0.4, -0.2) is 53.8 Å². The zero-order chi connectivity index (χ0) is 15.0. The van der Waals surface area contributed by atoms with E-state index in [1.165, 1.54) is 0 Å². The molecule has 1 heterocycles. The second kappa shape index (κ2) is 8.58. The molecule has 1 aliphatic rings. The average Bonchev–Trinajstić information content (AvgIpc) is 2.39. The Morgan fingerprint density at radius 1 is 1.50 bits per heavy atom. The van der Waals surface area contributed by atoms with E-state index in [1.807, 2.05) is 6.92 Å². The van der Waals surface area contributed by atoms with E-state index in [4.69, 9.17) is 9.84 Å². The van der Waals surface area contributed by atoms with Crippen molar-refractivity contribution < 1.29 is 19.4 Å². The van der Waals surface area contributed by atoms with Crippen molar-refractivity contribution >= 4 is 12.0 Å². The fourth-order valence-corrected chi connectivity index (χ4v) is 2.15. The highest BCUT2D eigenvalue weighted by Gasteiger charge is 2.23. The molecule has 1 fully saturated rings. The molecule has 6 nitrogen and oxygen atoms in total. The van der Waals surface area contributed by atoms with Gasteiger partial charge >= 0.3 is 12.0 Å². The minimum Gasteiger partial charge on any atom is -0.481 e. The number of aliphatic carboxylic acids is 1. The first-order valence-electron chi connectivity index (χ1n) is 7.02. The molecule has 0 radical (unpaired) electrons. The Morgan fingerprint density at radius 2 is 2.15 bits per heavy atom. The van der Waals surface area contributed by atoms with Gasteiger partial charge in [0.05, 0.1) is 19.1 Å². The highest BCUT2D eigenvalue weighted by atomic mass is 16.5. The van der Waals surface area contributed by atoms with Gasteiger partial charge in [0.15, 0.2) is 0 Å². The molecule has 1 atom stereocenters. The van der Waals surface area contributed by atoms with Gasteiger partial charge < -0.3 is 20.1 Å². The number of carbonyl (C=O) groups excluding carboxylic acids is 1. The lowest BCUT2D eigenvalue weighted by Crippen LogP contribution is -2.48. The Kier molecular flexibility index (Phi) is 7.08. The van der Waals surface area contributed by atoms with Crippen molar-refractivity contribution in [2.24, 2.45) is 0 Å². The van der Waals surface area contributed by atoms with E-state index in [-0.39, 0.29) is 31.2 Å². The third kappa shape index (κ3) is 6.06. The maximum absolute atomic E-state index is 12.0. The SMILES string of the molecule is C=CCC(C)NC(=O)N1CCC(OCCC(=O)O)CC1. The monoisotopic (exact) mass is 284 g/mol. The van der Waals surface area contributed by atoms with Crippen molar-refractivity contribution in [3.63, 3.8) is 0 Å².